The van der Waals surface area contributed by atoms with Crippen molar-refractivity contribution in [3.63, 3.8) is 0 Å². The Kier molecular flexibility index (Phi) is 6.11. The molecule has 1 fully saturated rings. The zero-order valence-electron chi connectivity index (χ0n) is 18.2. The lowest BCUT2D eigenvalue weighted by Crippen LogP contribution is -2.32. The number of nitrogens with zero attached hydrogens (tertiary/aromatic N) is 6. The van der Waals surface area contributed by atoms with E-state index in [0.29, 0.717) is 28.8 Å². The van der Waals surface area contributed by atoms with Crippen LogP contribution in [-0.2, 0) is 0 Å². The van der Waals surface area contributed by atoms with Gasteiger partial charge in [0.2, 0.25) is 0 Å². The second-order valence-corrected chi connectivity index (χ2v) is 9.04. The lowest BCUT2D eigenvalue weighted by molar-refractivity contribution is 0.235. The maximum Gasteiger partial charge on any atom is 0.159 e. The minimum Gasteiger partial charge on any atom is -0.381 e. The fourth-order valence-corrected chi connectivity index (χ4v) is 5.13. The Balaban J connectivity index is 1.45. The van der Waals surface area contributed by atoms with Gasteiger partial charge in [-0.05, 0) is 56.3 Å². The minimum atomic E-state index is 0.467. The molecular weight excluding hydrogens is 432 g/mol. The lowest BCUT2D eigenvalue weighted by Gasteiger charge is -2.25. The third-order valence-electron chi connectivity index (χ3n) is 5.78. The van der Waals surface area contributed by atoms with E-state index in [1.165, 1.54) is 36.9 Å². The van der Waals surface area contributed by atoms with Crippen LogP contribution >= 0.6 is 11.3 Å². The predicted molar refractivity (Wildman–Crippen MR) is 133 cm³/mol. The number of aromatic nitrogens is 3. The molecule has 0 unspecified atom stereocenters. The molecule has 0 amide bonds. The molecule has 0 saturated carbocycles. The largest absolute Gasteiger partial charge is 0.381 e. The molecule has 0 radical (unpaired) electrons. The number of rotatable bonds is 6. The third kappa shape index (κ3) is 4.62. The fraction of sp³-hybridized carbons (Fsp3) is 0.292. The Morgan fingerprint density at radius 2 is 2.00 bits per heavy atom. The Hall–Kier alpha value is -3.61. The van der Waals surface area contributed by atoms with E-state index in [4.69, 9.17) is 10.7 Å². The molecule has 5 rings (SSSR count). The van der Waals surface area contributed by atoms with E-state index in [2.05, 4.69) is 31.2 Å². The minimum absolute atomic E-state index is 0.467. The summed E-state index contributed by atoms with van der Waals surface area (Å²) >= 11 is 1.50. The first-order chi connectivity index (χ1) is 16.2. The highest BCUT2D eigenvalue weighted by atomic mass is 32.1. The number of aliphatic imine (C=N–C) groups is 1. The van der Waals surface area contributed by atoms with Crippen LogP contribution < -0.4 is 11.1 Å². The number of hydrogen-bond donors (Lipinski definition) is 2. The summed E-state index contributed by atoms with van der Waals surface area (Å²) in [6.07, 6.45) is 5.39. The number of likely N-dealkylation sites (tertiary alicyclic amines) is 1. The summed E-state index contributed by atoms with van der Waals surface area (Å²) in [4.78, 5) is 20.7. The number of amidine groups is 1. The summed E-state index contributed by atoms with van der Waals surface area (Å²) in [6.45, 7) is 3.90. The van der Waals surface area contributed by atoms with E-state index < -0.39 is 0 Å². The van der Waals surface area contributed by atoms with Gasteiger partial charge >= 0.3 is 0 Å². The summed E-state index contributed by atoms with van der Waals surface area (Å²) in [5.41, 5.74) is 9.33. The molecular formula is C24H24N8S. The number of nitriles is 1. The van der Waals surface area contributed by atoms with Crippen molar-refractivity contribution in [3.8, 4) is 6.07 Å². The Labute approximate surface area is 195 Å². The van der Waals surface area contributed by atoms with Gasteiger partial charge in [-0.3, -0.25) is 4.99 Å². The average molecular weight is 457 g/mol. The van der Waals surface area contributed by atoms with Crippen LogP contribution in [0.2, 0.25) is 0 Å². The number of fused-ring (bicyclic) bond motifs is 3. The number of benzene rings is 2. The van der Waals surface area contributed by atoms with Gasteiger partial charge in [-0.1, -0.05) is 12.5 Å². The van der Waals surface area contributed by atoms with Crippen molar-refractivity contribution >= 4 is 49.8 Å². The Morgan fingerprint density at radius 3 is 2.85 bits per heavy atom. The topological polar surface area (TPSA) is 116 Å². The molecule has 1 saturated heterocycles. The van der Waals surface area contributed by atoms with Crippen LogP contribution in [0, 0.1) is 11.3 Å². The van der Waals surface area contributed by atoms with Gasteiger partial charge in [-0.2, -0.15) is 5.26 Å². The highest BCUT2D eigenvalue weighted by Crippen LogP contribution is 2.34. The standard InChI is InChI=1S/C24H24N8S/c25-14-16-5-4-6-17(13-16)30-23-20-18(28-15-29-23)7-8-19-21(20)33-24(31-19)22(26)27-9-12-32-10-2-1-3-11-32/h4-8,13,15H,1-3,9-12H2,(H2,26,27)(H,28,29,30). The van der Waals surface area contributed by atoms with E-state index in [9.17, 15) is 5.26 Å². The highest BCUT2D eigenvalue weighted by molar-refractivity contribution is 7.21. The van der Waals surface area contributed by atoms with Crippen molar-refractivity contribution in [1.29, 1.82) is 5.26 Å². The van der Waals surface area contributed by atoms with E-state index in [1.54, 1.807) is 12.1 Å². The van der Waals surface area contributed by atoms with Gasteiger partial charge in [0, 0.05) is 12.2 Å². The quantitative estimate of drug-likeness (QED) is 0.332. The molecule has 0 bridgehead atoms. The normalized spacial score (nSPS) is 15.1. The SMILES string of the molecule is N#Cc1cccc(Nc2ncnc3ccc4nc(C(N)=NCCN5CCCCC5)sc4c23)c1. The van der Waals surface area contributed by atoms with Crippen LogP contribution in [0.5, 0.6) is 0 Å². The maximum atomic E-state index is 9.20. The molecule has 166 valence electrons. The lowest BCUT2D eigenvalue weighted by atomic mass is 10.1. The highest BCUT2D eigenvalue weighted by Gasteiger charge is 2.15. The number of thiazole rings is 1. The van der Waals surface area contributed by atoms with Gasteiger partial charge in [0.15, 0.2) is 10.8 Å². The van der Waals surface area contributed by atoms with Gasteiger partial charge in [0.1, 0.15) is 12.1 Å². The van der Waals surface area contributed by atoms with Gasteiger partial charge in [0.05, 0.1) is 39.3 Å². The molecule has 4 aromatic rings. The molecule has 1 aliphatic rings. The van der Waals surface area contributed by atoms with Crippen LogP contribution in [0.1, 0.15) is 29.8 Å². The number of anilines is 2. The summed E-state index contributed by atoms with van der Waals surface area (Å²) in [5, 5.41) is 14.1. The zero-order valence-corrected chi connectivity index (χ0v) is 19.0. The van der Waals surface area contributed by atoms with Crippen molar-refractivity contribution in [2.75, 3.05) is 31.5 Å². The zero-order chi connectivity index (χ0) is 22.6. The van der Waals surface area contributed by atoms with E-state index in [0.717, 1.165) is 46.4 Å². The van der Waals surface area contributed by atoms with Crippen molar-refractivity contribution < 1.29 is 0 Å². The van der Waals surface area contributed by atoms with Crippen molar-refractivity contribution in [2.45, 2.75) is 19.3 Å². The summed E-state index contributed by atoms with van der Waals surface area (Å²) in [7, 11) is 0. The van der Waals surface area contributed by atoms with Gasteiger partial charge in [-0.25, -0.2) is 15.0 Å². The van der Waals surface area contributed by atoms with Crippen LogP contribution in [0.15, 0.2) is 47.7 Å². The van der Waals surface area contributed by atoms with Crippen molar-refractivity contribution in [3.05, 3.63) is 53.3 Å². The first kappa shape index (κ1) is 21.2. The Morgan fingerprint density at radius 1 is 1.15 bits per heavy atom. The fourth-order valence-electron chi connectivity index (χ4n) is 4.10. The van der Waals surface area contributed by atoms with Crippen LogP contribution in [0.4, 0.5) is 11.5 Å². The smallest absolute Gasteiger partial charge is 0.159 e. The van der Waals surface area contributed by atoms with E-state index in [1.807, 2.05) is 24.3 Å². The molecule has 2 aromatic heterocycles. The summed E-state index contributed by atoms with van der Waals surface area (Å²) in [5.74, 6) is 1.13. The number of nitrogens with one attached hydrogen (secondary N) is 1. The molecule has 3 heterocycles. The van der Waals surface area contributed by atoms with E-state index >= 15 is 0 Å². The Bertz CT molecular complexity index is 1360. The molecule has 33 heavy (non-hydrogen) atoms. The number of piperidine rings is 1. The molecule has 8 nitrogen and oxygen atoms in total. The second-order valence-electron chi connectivity index (χ2n) is 8.04. The first-order valence-corrected chi connectivity index (χ1v) is 11.9. The van der Waals surface area contributed by atoms with Gasteiger partial charge in [0.25, 0.3) is 0 Å². The van der Waals surface area contributed by atoms with Gasteiger partial charge in [-0.15, -0.1) is 11.3 Å². The summed E-state index contributed by atoms with van der Waals surface area (Å²) < 4.78 is 0.955. The molecule has 9 heteroatoms. The van der Waals surface area contributed by atoms with Crippen LogP contribution in [-0.4, -0.2) is 51.9 Å². The number of nitrogens with two attached hydrogens (primary N) is 1. The first-order valence-electron chi connectivity index (χ1n) is 11.1. The summed E-state index contributed by atoms with van der Waals surface area (Å²) in [6, 6.07) is 13.3. The molecule has 0 atom stereocenters. The molecule has 0 spiro atoms. The average Bonchev–Trinajstić information content (AvgIpc) is 3.30. The number of hydrogen-bond acceptors (Lipinski definition) is 8. The molecule has 2 aromatic carbocycles. The van der Waals surface area contributed by atoms with Gasteiger partial charge < -0.3 is 16.0 Å². The van der Waals surface area contributed by atoms with Crippen molar-refractivity contribution in [1.82, 2.24) is 19.9 Å². The van der Waals surface area contributed by atoms with Crippen molar-refractivity contribution in [2.24, 2.45) is 10.7 Å². The predicted octanol–water partition coefficient (Wildman–Crippen LogP) is 4.05. The van der Waals surface area contributed by atoms with Crippen LogP contribution in [0.25, 0.3) is 21.1 Å². The third-order valence-corrected chi connectivity index (χ3v) is 6.89. The molecule has 3 N–H and O–H groups in total. The van der Waals surface area contributed by atoms with E-state index in [-0.39, 0.29) is 0 Å². The maximum absolute atomic E-state index is 9.20. The second kappa shape index (κ2) is 9.48. The molecule has 1 aliphatic heterocycles. The monoisotopic (exact) mass is 456 g/mol. The van der Waals surface area contributed by atoms with Crippen LogP contribution in [0.3, 0.4) is 0 Å². The molecule has 0 aliphatic carbocycles.